The molecule has 0 saturated heterocycles. The minimum absolute atomic E-state index is 0.150. The van der Waals surface area contributed by atoms with Crippen LogP contribution >= 0.6 is 11.6 Å². The van der Waals surface area contributed by atoms with Crippen molar-refractivity contribution in [2.24, 2.45) is 0 Å². The van der Waals surface area contributed by atoms with Crippen molar-refractivity contribution in [2.45, 2.75) is 16.3 Å². The Morgan fingerprint density at radius 3 is 2.29 bits per heavy atom. The number of carbonyl (C=O) groups excluding carboxylic acids is 3. The third-order valence-corrected chi connectivity index (χ3v) is 8.69. The molecule has 8 heteroatoms. The third-order valence-electron chi connectivity index (χ3n) is 6.96. The Morgan fingerprint density at radius 2 is 1.48 bits per heavy atom. The second-order valence-electron chi connectivity index (χ2n) is 9.66. The summed E-state index contributed by atoms with van der Waals surface area (Å²) in [7, 11) is -1.67. The van der Waals surface area contributed by atoms with Gasteiger partial charge in [0.1, 0.15) is 0 Å². The Hall–Kier alpha value is -4.85. The Balaban J connectivity index is 1.39. The number of ketones is 1. The average molecular weight is 591 g/mol. The van der Waals surface area contributed by atoms with Crippen molar-refractivity contribution >= 4 is 51.4 Å². The molecule has 42 heavy (non-hydrogen) atoms. The molecule has 0 spiro atoms. The van der Waals surface area contributed by atoms with Gasteiger partial charge in [-0.25, -0.2) is 4.21 Å². The van der Waals surface area contributed by atoms with E-state index in [1.165, 1.54) is 4.90 Å². The third kappa shape index (κ3) is 5.28. The van der Waals surface area contributed by atoms with Crippen molar-refractivity contribution in [3.8, 4) is 0 Å². The highest BCUT2D eigenvalue weighted by molar-refractivity contribution is 7.85. The molecule has 1 aliphatic heterocycles. The molecule has 1 N–H and O–H groups in total. The molecule has 5 aromatic rings. The Morgan fingerprint density at radius 1 is 0.738 bits per heavy atom. The molecule has 206 valence electrons. The van der Waals surface area contributed by atoms with Gasteiger partial charge in [0.2, 0.25) is 0 Å². The molecule has 0 bridgehead atoms. The predicted octanol–water partition coefficient (Wildman–Crippen LogP) is 7.15. The summed E-state index contributed by atoms with van der Waals surface area (Å²) < 4.78 is 13.7. The largest absolute Gasteiger partial charge is 0.321 e. The number of anilines is 2. The molecular weight excluding hydrogens is 568 g/mol. The first-order valence-corrected chi connectivity index (χ1v) is 14.6. The first-order valence-electron chi connectivity index (χ1n) is 13.1. The van der Waals surface area contributed by atoms with E-state index in [1.54, 1.807) is 109 Å². The number of benzene rings is 5. The van der Waals surface area contributed by atoms with Crippen LogP contribution in [0.4, 0.5) is 11.4 Å². The molecule has 5 aromatic carbocycles. The molecule has 0 aliphatic carbocycles. The Kier molecular flexibility index (Phi) is 7.52. The first-order chi connectivity index (χ1) is 20.4. The number of nitrogens with one attached hydrogen (secondary N) is 1. The lowest BCUT2D eigenvalue weighted by Crippen LogP contribution is -2.30. The normalized spacial score (nSPS) is 14.0. The summed E-state index contributed by atoms with van der Waals surface area (Å²) in [5.41, 5.74) is 2.90. The molecule has 0 radical (unpaired) electrons. The zero-order chi connectivity index (χ0) is 29.2. The number of fused-ring (bicyclic) bond motifs is 2. The molecule has 0 fully saturated rings. The number of halogens is 1. The monoisotopic (exact) mass is 590 g/mol. The standard InChI is InChI=1S/C34H23ClN2O4S/c35-25-12-8-9-22(19-25)21-37-29-20-24(17-18-31(29)42(41)30-16-7-5-14-27(30)34(37)40)33(39)36-28-15-6-4-13-26(28)32(38)23-10-2-1-3-11-23/h1-20H,21H2,(H,36,39). The molecule has 1 unspecified atom stereocenters. The first kappa shape index (κ1) is 27.3. The number of rotatable bonds is 6. The molecule has 1 aliphatic rings. The van der Waals surface area contributed by atoms with Crippen LogP contribution in [-0.4, -0.2) is 21.8 Å². The summed E-state index contributed by atoms with van der Waals surface area (Å²) in [6, 6.07) is 34.3. The lowest BCUT2D eigenvalue weighted by Gasteiger charge is -2.24. The summed E-state index contributed by atoms with van der Waals surface area (Å²) in [6.07, 6.45) is 0. The number of amides is 2. The Bertz CT molecular complexity index is 1890. The highest BCUT2D eigenvalue weighted by Crippen LogP contribution is 2.36. The van der Waals surface area contributed by atoms with E-state index in [0.29, 0.717) is 42.9 Å². The molecular formula is C34H23ClN2O4S. The summed E-state index contributed by atoms with van der Waals surface area (Å²) in [5, 5.41) is 3.38. The lowest BCUT2D eigenvalue weighted by molar-refractivity contribution is 0.0978. The summed E-state index contributed by atoms with van der Waals surface area (Å²) in [5.74, 6) is -1.04. The molecule has 1 heterocycles. The highest BCUT2D eigenvalue weighted by atomic mass is 35.5. The van der Waals surface area contributed by atoms with Crippen LogP contribution in [0.15, 0.2) is 131 Å². The van der Waals surface area contributed by atoms with Crippen LogP contribution in [0, 0.1) is 0 Å². The van der Waals surface area contributed by atoms with Gasteiger partial charge < -0.3 is 10.2 Å². The van der Waals surface area contributed by atoms with Gasteiger partial charge >= 0.3 is 0 Å². The van der Waals surface area contributed by atoms with Crippen LogP contribution in [-0.2, 0) is 17.3 Å². The number of nitrogens with zero attached hydrogens (tertiary/aromatic N) is 1. The molecule has 0 saturated carbocycles. The molecule has 0 aromatic heterocycles. The summed E-state index contributed by atoms with van der Waals surface area (Å²) in [6.45, 7) is 0.150. The van der Waals surface area contributed by atoms with Gasteiger partial charge in [-0.2, -0.15) is 0 Å². The van der Waals surface area contributed by atoms with Gasteiger partial charge in [0.25, 0.3) is 11.8 Å². The maximum Gasteiger partial charge on any atom is 0.259 e. The average Bonchev–Trinajstić information content (AvgIpc) is 3.10. The maximum absolute atomic E-state index is 13.9. The minimum Gasteiger partial charge on any atom is -0.321 e. The molecule has 6 nitrogen and oxygen atoms in total. The smallest absolute Gasteiger partial charge is 0.259 e. The van der Waals surface area contributed by atoms with Crippen molar-refractivity contribution in [3.63, 3.8) is 0 Å². The van der Waals surface area contributed by atoms with E-state index in [1.807, 2.05) is 12.1 Å². The number of carbonyl (C=O) groups is 3. The van der Waals surface area contributed by atoms with E-state index in [9.17, 15) is 18.6 Å². The van der Waals surface area contributed by atoms with E-state index in [4.69, 9.17) is 11.6 Å². The zero-order valence-electron chi connectivity index (χ0n) is 22.1. The number of para-hydroxylation sites is 1. The fraction of sp³-hybridized carbons (Fsp3) is 0.0294. The van der Waals surface area contributed by atoms with Crippen LogP contribution in [0.3, 0.4) is 0 Å². The lowest BCUT2D eigenvalue weighted by atomic mass is 10.0. The SMILES string of the molecule is O=C(Nc1ccccc1C(=O)c1ccccc1)c1ccc2c(c1)N(Cc1cccc(Cl)c1)C(=O)c1ccccc1S2=O. The zero-order valence-corrected chi connectivity index (χ0v) is 23.7. The fourth-order valence-electron chi connectivity index (χ4n) is 4.91. The van der Waals surface area contributed by atoms with Gasteiger partial charge in [0, 0.05) is 21.7 Å². The van der Waals surface area contributed by atoms with Crippen LogP contribution < -0.4 is 10.2 Å². The fourth-order valence-corrected chi connectivity index (χ4v) is 6.47. The van der Waals surface area contributed by atoms with Crippen LogP contribution in [0.2, 0.25) is 5.02 Å². The van der Waals surface area contributed by atoms with Crippen molar-refractivity contribution in [1.82, 2.24) is 0 Å². The predicted molar refractivity (Wildman–Crippen MR) is 164 cm³/mol. The summed E-state index contributed by atoms with van der Waals surface area (Å²) >= 11 is 6.22. The van der Waals surface area contributed by atoms with Crippen molar-refractivity contribution in [2.75, 3.05) is 10.2 Å². The van der Waals surface area contributed by atoms with Crippen molar-refractivity contribution in [1.29, 1.82) is 0 Å². The van der Waals surface area contributed by atoms with Gasteiger partial charge in [-0.3, -0.25) is 14.4 Å². The van der Waals surface area contributed by atoms with Gasteiger partial charge in [-0.15, -0.1) is 0 Å². The second-order valence-corrected chi connectivity index (χ2v) is 11.5. The van der Waals surface area contributed by atoms with E-state index < -0.39 is 16.7 Å². The van der Waals surface area contributed by atoms with E-state index in [2.05, 4.69) is 5.32 Å². The maximum atomic E-state index is 13.9. The molecule has 2 amide bonds. The van der Waals surface area contributed by atoms with Crippen LogP contribution in [0.1, 0.15) is 42.2 Å². The molecule has 1 atom stereocenters. The molecule has 6 rings (SSSR count). The topological polar surface area (TPSA) is 83.6 Å². The van der Waals surface area contributed by atoms with Gasteiger partial charge in [-0.1, -0.05) is 78.3 Å². The van der Waals surface area contributed by atoms with Crippen LogP contribution in [0.25, 0.3) is 0 Å². The van der Waals surface area contributed by atoms with E-state index >= 15 is 0 Å². The van der Waals surface area contributed by atoms with Gasteiger partial charge in [0.05, 0.1) is 44.1 Å². The number of hydrogen-bond donors (Lipinski definition) is 1. The van der Waals surface area contributed by atoms with Crippen LogP contribution in [0.5, 0.6) is 0 Å². The van der Waals surface area contributed by atoms with Crippen molar-refractivity contribution in [3.05, 3.63) is 154 Å². The van der Waals surface area contributed by atoms with Crippen molar-refractivity contribution < 1.29 is 18.6 Å². The van der Waals surface area contributed by atoms with Gasteiger partial charge in [-0.05, 0) is 60.2 Å². The Labute approximate surface area is 250 Å². The van der Waals surface area contributed by atoms with E-state index in [0.717, 1.165) is 5.56 Å². The number of hydrogen-bond acceptors (Lipinski definition) is 4. The van der Waals surface area contributed by atoms with E-state index in [-0.39, 0.29) is 23.8 Å². The quantitative estimate of drug-likeness (QED) is 0.213. The van der Waals surface area contributed by atoms with Gasteiger partial charge in [0.15, 0.2) is 5.78 Å². The summed E-state index contributed by atoms with van der Waals surface area (Å²) in [4.78, 5) is 43.0. The minimum atomic E-state index is -1.67. The second kappa shape index (κ2) is 11.6. The highest BCUT2D eigenvalue weighted by Gasteiger charge is 2.31.